The maximum atomic E-state index is 11.4. The zero-order valence-electron chi connectivity index (χ0n) is 9.93. The number of hydrogen-bond donors (Lipinski definition) is 3. The molecule has 0 aliphatic carbocycles. The van der Waals surface area contributed by atoms with E-state index in [1.54, 1.807) is 0 Å². The standard InChI is InChI=1S/C13H16N2O3/c14-6-8-2-1-3-9(4-8)10-5-11(13(17)18)12(16)15-7-10/h1-4,10-11H,5-7,14H2,(H,15,16)(H,17,18)/t10-,11+/m0/s1. The summed E-state index contributed by atoms with van der Waals surface area (Å²) in [6, 6.07) is 7.75. The van der Waals surface area contributed by atoms with Crippen molar-refractivity contribution in [3.63, 3.8) is 0 Å². The van der Waals surface area contributed by atoms with Crippen LogP contribution in [0.5, 0.6) is 0 Å². The third-order valence-electron chi connectivity index (χ3n) is 3.32. The van der Waals surface area contributed by atoms with Gasteiger partial charge >= 0.3 is 5.97 Å². The van der Waals surface area contributed by atoms with Gasteiger partial charge in [-0.2, -0.15) is 0 Å². The monoisotopic (exact) mass is 248 g/mol. The molecule has 0 radical (unpaired) electrons. The summed E-state index contributed by atoms with van der Waals surface area (Å²) in [7, 11) is 0. The smallest absolute Gasteiger partial charge is 0.316 e. The van der Waals surface area contributed by atoms with E-state index in [9.17, 15) is 9.59 Å². The number of hydrogen-bond acceptors (Lipinski definition) is 3. The zero-order chi connectivity index (χ0) is 13.1. The van der Waals surface area contributed by atoms with E-state index in [1.807, 2.05) is 24.3 Å². The van der Waals surface area contributed by atoms with Crippen molar-refractivity contribution in [1.82, 2.24) is 5.32 Å². The summed E-state index contributed by atoms with van der Waals surface area (Å²) in [4.78, 5) is 22.4. The molecule has 1 saturated heterocycles. The third kappa shape index (κ3) is 2.51. The van der Waals surface area contributed by atoms with Crippen LogP contribution in [0.1, 0.15) is 23.5 Å². The van der Waals surface area contributed by atoms with E-state index in [1.165, 1.54) is 0 Å². The molecular weight excluding hydrogens is 232 g/mol. The number of aliphatic carboxylic acids is 1. The van der Waals surface area contributed by atoms with Crippen LogP contribution in [0.15, 0.2) is 24.3 Å². The molecule has 0 aromatic heterocycles. The van der Waals surface area contributed by atoms with Crippen molar-refractivity contribution in [2.45, 2.75) is 18.9 Å². The fourth-order valence-corrected chi connectivity index (χ4v) is 2.26. The van der Waals surface area contributed by atoms with Crippen molar-refractivity contribution < 1.29 is 14.7 Å². The van der Waals surface area contributed by atoms with Gasteiger partial charge in [0.2, 0.25) is 5.91 Å². The Morgan fingerprint density at radius 2 is 2.28 bits per heavy atom. The quantitative estimate of drug-likeness (QED) is 0.677. The topological polar surface area (TPSA) is 92.4 Å². The van der Waals surface area contributed by atoms with Gasteiger partial charge < -0.3 is 16.2 Å². The van der Waals surface area contributed by atoms with Gasteiger partial charge in [0.15, 0.2) is 0 Å². The summed E-state index contributed by atoms with van der Waals surface area (Å²) in [5.41, 5.74) is 7.62. The van der Waals surface area contributed by atoms with Crippen LogP contribution in [0.4, 0.5) is 0 Å². The van der Waals surface area contributed by atoms with Gasteiger partial charge in [-0.25, -0.2) is 0 Å². The predicted molar refractivity (Wildman–Crippen MR) is 65.8 cm³/mol. The number of carbonyl (C=O) groups excluding carboxylic acids is 1. The van der Waals surface area contributed by atoms with E-state index in [2.05, 4.69) is 5.32 Å². The van der Waals surface area contributed by atoms with E-state index in [4.69, 9.17) is 10.8 Å². The molecule has 0 spiro atoms. The first-order valence-electron chi connectivity index (χ1n) is 5.91. The van der Waals surface area contributed by atoms with Crippen LogP contribution in [0.2, 0.25) is 0 Å². The van der Waals surface area contributed by atoms with Crippen LogP contribution in [0.25, 0.3) is 0 Å². The van der Waals surface area contributed by atoms with Gasteiger partial charge in [-0.05, 0) is 17.5 Å². The average Bonchev–Trinajstić information content (AvgIpc) is 2.39. The minimum atomic E-state index is -1.06. The highest BCUT2D eigenvalue weighted by Crippen LogP contribution is 2.27. The molecule has 1 fully saturated rings. The number of carboxylic acids is 1. The number of benzene rings is 1. The first-order valence-corrected chi connectivity index (χ1v) is 5.91. The molecule has 2 rings (SSSR count). The Morgan fingerprint density at radius 3 is 2.94 bits per heavy atom. The summed E-state index contributed by atoms with van der Waals surface area (Å²) in [5.74, 6) is -2.37. The first-order chi connectivity index (χ1) is 8.61. The highest BCUT2D eigenvalue weighted by molar-refractivity contribution is 5.97. The highest BCUT2D eigenvalue weighted by atomic mass is 16.4. The van der Waals surface area contributed by atoms with Crippen molar-refractivity contribution in [1.29, 1.82) is 0 Å². The summed E-state index contributed by atoms with van der Waals surface area (Å²) in [6.07, 6.45) is 0.342. The van der Waals surface area contributed by atoms with E-state index in [0.717, 1.165) is 11.1 Å². The molecule has 96 valence electrons. The number of piperidine rings is 1. The molecule has 1 aliphatic rings. The second-order valence-corrected chi connectivity index (χ2v) is 4.52. The van der Waals surface area contributed by atoms with Crippen molar-refractivity contribution >= 4 is 11.9 Å². The molecule has 0 bridgehead atoms. The largest absolute Gasteiger partial charge is 0.481 e. The van der Waals surface area contributed by atoms with Gasteiger partial charge in [0.1, 0.15) is 5.92 Å². The van der Waals surface area contributed by atoms with Crippen LogP contribution in [-0.4, -0.2) is 23.5 Å². The zero-order valence-corrected chi connectivity index (χ0v) is 9.93. The molecule has 0 saturated carbocycles. The highest BCUT2D eigenvalue weighted by Gasteiger charge is 2.34. The molecule has 1 heterocycles. The number of rotatable bonds is 3. The number of nitrogens with one attached hydrogen (secondary N) is 1. The lowest BCUT2D eigenvalue weighted by Gasteiger charge is -2.27. The summed E-state index contributed by atoms with van der Waals surface area (Å²) < 4.78 is 0. The number of amides is 1. The van der Waals surface area contributed by atoms with Gasteiger partial charge in [0.05, 0.1) is 0 Å². The van der Waals surface area contributed by atoms with E-state index >= 15 is 0 Å². The lowest BCUT2D eigenvalue weighted by molar-refractivity contribution is -0.148. The molecule has 0 unspecified atom stereocenters. The Hall–Kier alpha value is -1.88. The Kier molecular flexibility index (Phi) is 3.62. The molecule has 1 aromatic rings. The Labute approximate surface area is 105 Å². The maximum absolute atomic E-state index is 11.4. The second-order valence-electron chi connectivity index (χ2n) is 4.52. The van der Waals surface area contributed by atoms with Crippen molar-refractivity contribution in [3.8, 4) is 0 Å². The van der Waals surface area contributed by atoms with Crippen LogP contribution in [-0.2, 0) is 16.1 Å². The fourth-order valence-electron chi connectivity index (χ4n) is 2.26. The van der Waals surface area contributed by atoms with Crippen LogP contribution >= 0.6 is 0 Å². The Balaban J connectivity index is 2.18. The van der Waals surface area contributed by atoms with E-state index < -0.39 is 17.8 Å². The van der Waals surface area contributed by atoms with Crippen LogP contribution in [0, 0.1) is 5.92 Å². The van der Waals surface area contributed by atoms with Gasteiger partial charge in [-0.3, -0.25) is 9.59 Å². The SMILES string of the molecule is NCc1cccc([C@@H]2CNC(=O)[C@H](C(=O)O)C2)c1. The lowest BCUT2D eigenvalue weighted by atomic mass is 9.84. The summed E-state index contributed by atoms with van der Waals surface area (Å²) in [6.45, 7) is 0.936. The Bertz CT molecular complexity index is 473. The van der Waals surface area contributed by atoms with Crippen molar-refractivity contribution in [2.24, 2.45) is 11.7 Å². The third-order valence-corrected chi connectivity index (χ3v) is 3.32. The van der Waals surface area contributed by atoms with Gasteiger partial charge in [0.25, 0.3) is 0 Å². The fraction of sp³-hybridized carbons (Fsp3) is 0.385. The minimum absolute atomic E-state index is 0.0373. The lowest BCUT2D eigenvalue weighted by Crippen LogP contribution is -2.43. The van der Waals surface area contributed by atoms with E-state index in [-0.39, 0.29) is 5.92 Å². The molecule has 1 amide bonds. The molecule has 2 atom stereocenters. The average molecular weight is 248 g/mol. The van der Waals surface area contributed by atoms with Crippen LogP contribution < -0.4 is 11.1 Å². The van der Waals surface area contributed by atoms with Gasteiger partial charge in [-0.1, -0.05) is 24.3 Å². The summed E-state index contributed by atoms with van der Waals surface area (Å²) in [5, 5.41) is 11.6. The Morgan fingerprint density at radius 1 is 1.50 bits per heavy atom. The molecule has 4 N–H and O–H groups in total. The molecule has 1 aromatic carbocycles. The normalized spacial score (nSPS) is 23.5. The molecule has 1 aliphatic heterocycles. The van der Waals surface area contributed by atoms with E-state index in [0.29, 0.717) is 19.5 Å². The predicted octanol–water partition coefficient (Wildman–Crippen LogP) is 0.450. The molecule has 5 heteroatoms. The second kappa shape index (κ2) is 5.18. The number of carbonyl (C=O) groups is 2. The number of carboxylic acid groups (broad SMARTS) is 1. The maximum Gasteiger partial charge on any atom is 0.316 e. The summed E-state index contributed by atoms with van der Waals surface area (Å²) >= 11 is 0. The van der Waals surface area contributed by atoms with Crippen molar-refractivity contribution in [3.05, 3.63) is 35.4 Å². The van der Waals surface area contributed by atoms with Crippen LogP contribution in [0.3, 0.4) is 0 Å². The first kappa shape index (κ1) is 12.6. The number of nitrogens with two attached hydrogens (primary N) is 1. The molecule has 5 nitrogen and oxygen atoms in total. The van der Waals surface area contributed by atoms with Gasteiger partial charge in [0, 0.05) is 19.0 Å². The molecule has 18 heavy (non-hydrogen) atoms. The molecular formula is C13H16N2O3. The minimum Gasteiger partial charge on any atom is -0.481 e. The van der Waals surface area contributed by atoms with Crippen molar-refractivity contribution in [2.75, 3.05) is 6.54 Å². The van der Waals surface area contributed by atoms with Gasteiger partial charge in [-0.15, -0.1) is 0 Å².